The van der Waals surface area contributed by atoms with Crippen molar-refractivity contribution in [3.63, 3.8) is 0 Å². The topological polar surface area (TPSA) is 65.1 Å². The molecule has 1 amide bonds. The maximum Gasteiger partial charge on any atom is 0.343 e. The van der Waals surface area contributed by atoms with Crippen molar-refractivity contribution < 1.29 is 23.8 Å². The van der Waals surface area contributed by atoms with Crippen LogP contribution < -0.4 is 9.47 Å². The molecule has 0 fully saturated rings. The van der Waals surface area contributed by atoms with Crippen molar-refractivity contribution in [1.82, 2.24) is 4.90 Å². The molecule has 0 spiro atoms. The highest BCUT2D eigenvalue weighted by Crippen LogP contribution is 2.29. The predicted molar refractivity (Wildman–Crippen MR) is 118 cm³/mol. The standard InChI is InChI=1S/C25H25NO5/c1-26(16-18-9-11-20(12-10-18)19-7-5-4-6-8-19)25(28)21-13-14-22(23(15-21)29-2)31-17-24(27)30-3/h4-15H,16-17H2,1-3H3. The van der Waals surface area contributed by atoms with Crippen LogP contribution in [0.5, 0.6) is 11.5 Å². The molecule has 0 saturated heterocycles. The molecule has 3 aromatic rings. The van der Waals surface area contributed by atoms with E-state index in [1.807, 2.05) is 30.3 Å². The third-order valence-electron chi connectivity index (χ3n) is 4.81. The van der Waals surface area contributed by atoms with Gasteiger partial charge in [0.1, 0.15) is 0 Å². The van der Waals surface area contributed by atoms with Crippen LogP contribution in [0.3, 0.4) is 0 Å². The van der Waals surface area contributed by atoms with Crippen molar-refractivity contribution in [2.24, 2.45) is 0 Å². The summed E-state index contributed by atoms with van der Waals surface area (Å²) in [5.74, 6) is 0.0872. The average Bonchev–Trinajstić information content (AvgIpc) is 2.82. The minimum absolute atomic E-state index is 0.148. The van der Waals surface area contributed by atoms with Crippen molar-refractivity contribution in [3.05, 3.63) is 83.9 Å². The Morgan fingerprint density at radius 2 is 1.52 bits per heavy atom. The van der Waals surface area contributed by atoms with Gasteiger partial charge in [0.05, 0.1) is 14.2 Å². The molecule has 3 aromatic carbocycles. The molecule has 0 aliphatic heterocycles. The second-order valence-electron chi connectivity index (χ2n) is 6.95. The fourth-order valence-electron chi connectivity index (χ4n) is 3.11. The second-order valence-corrected chi connectivity index (χ2v) is 6.95. The predicted octanol–water partition coefficient (Wildman–Crippen LogP) is 4.19. The van der Waals surface area contributed by atoms with Gasteiger partial charge < -0.3 is 19.1 Å². The van der Waals surface area contributed by atoms with Crippen LogP contribution in [0.1, 0.15) is 15.9 Å². The first-order chi connectivity index (χ1) is 15.0. The van der Waals surface area contributed by atoms with E-state index in [0.29, 0.717) is 23.6 Å². The Balaban J connectivity index is 1.67. The summed E-state index contributed by atoms with van der Waals surface area (Å²) in [6.07, 6.45) is 0. The smallest absolute Gasteiger partial charge is 0.343 e. The van der Waals surface area contributed by atoms with Crippen molar-refractivity contribution in [2.45, 2.75) is 6.54 Å². The molecule has 31 heavy (non-hydrogen) atoms. The van der Waals surface area contributed by atoms with Crippen LogP contribution in [0.15, 0.2) is 72.8 Å². The van der Waals surface area contributed by atoms with Crippen LogP contribution in [0.4, 0.5) is 0 Å². The summed E-state index contributed by atoms with van der Waals surface area (Å²) in [7, 11) is 4.52. The zero-order valence-electron chi connectivity index (χ0n) is 17.8. The Morgan fingerprint density at radius 3 is 2.16 bits per heavy atom. The zero-order valence-corrected chi connectivity index (χ0v) is 17.8. The Bertz CT molecular complexity index is 1030. The highest BCUT2D eigenvalue weighted by molar-refractivity contribution is 5.94. The van der Waals surface area contributed by atoms with E-state index in [4.69, 9.17) is 9.47 Å². The van der Waals surface area contributed by atoms with Crippen molar-refractivity contribution in [3.8, 4) is 22.6 Å². The van der Waals surface area contributed by atoms with Crippen LogP contribution >= 0.6 is 0 Å². The molecule has 0 heterocycles. The van der Waals surface area contributed by atoms with Crippen LogP contribution in [-0.2, 0) is 16.1 Å². The lowest BCUT2D eigenvalue weighted by Crippen LogP contribution is -2.26. The lowest BCUT2D eigenvalue weighted by atomic mass is 10.0. The first kappa shape index (κ1) is 21.9. The largest absolute Gasteiger partial charge is 0.493 e. The number of ether oxygens (including phenoxy) is 3. The number of hydrogen-bond donors (Lipinski definition) is 0. The summed E-state index contributed by atoms with van der Waals surface area (Å²) in [5, 5.41) is 0. The number of rotatable bonds is 8. The maximum absolute atomic E-state index is 12.9. The van der Waals surface area contributed by atoms with Crippen molar-refractivity contribution in [1.29, 1.82) is 0 Å². The molecule has 0 unspecified atom stereocenters. The van der Waals surface area contributed by atoms with Gasteiger partial charge in [0.2, 0.25) is 0 Å². The van der Waals surface area contributed by atoms with Crippen LogP contribution in [0.2, 0.25) is 0 Å². The fourth-order valence-corrected chi connectivity index (χ4v) is 3.11. The minimum Gasteiger partial charge on any atom is -0.493 e. The van der Waals surface area contributed by atoms with Gasteiger partial charge in [-0.15, -0.1) is 0 Å². The Kier molecular flexibility index (Phi) is 7.27. The van der Waals surface area contributed by atoms with E-state index >= 15 is 0 Å². The highest BCUT2D eigenvalue weighted by Gasteiger charge is 2.16. The van der Waals surface area contributed by atoms with E-state index in [0.717, 1.165) is 16.7 Å². The van der Waals surface area contributed by atoms with E-state index in [2.05, 4.69) is 29.0 Å². The number of carbonyl (C=O) groups excluding carboxylic acids is 2. The summed E-state index contributed by atoms with van der Waals surface area (Å²) in [4.78, 5) is 25.8. The number of hydrogen-bond acceptors (Lipinski definition) is 5. The van der Waals surface area contributed by atoms with Gasteiger partial charge in [0.25, 0.3) is 5.91 Å². The maximum atomic E-state index is 12.9. The Morgan fingerprint density at radius 1 is 0.839 bits per heavy atom. The number of benzene rings is 3. The number of esters is 1. The van der Waals surface area contributed by atoms with E-state index < -0.39 is 5.97 Å². The molecule has 0 aromatic heterocycles. The van der Waals surface area contributed by atoms with Crippen molar-refractivity contribution >= 4 is 11.9 Å². The zero-order chi connectivity index (χ0) is 22.2. The molecular formula is C25H25NO5. The first-order valence-corrected chi connectivity index (χ1v) is 9.79. The lowest BCUT2D eigenvalue weighted by Gasteiger charge is -2.19. The average molecular weight is 419 g/mol. The molecular weight excluding hydrogens is 394 g/mol. The SMILES string of the molecule is COC(=O)COc1ccc(C(=O)N(C)Cc2ccc(-c3ccccc3)cc2)cc1OC. The minimum atomic E-state index is -0.500. The molecule has 160 valence electrons. The summed E-state index contributed by atoms with van der Waals surface area (Å²) in [6, 6.07) is 23.2. The van der Waals surface area contributed by atoms with E-state index in [1.54, 1.807) is 30.1 Å². The summed E-state index contributed by atoms with van der Waals surface area (Å²) in [6.45, 7) is 0.232. The third kappa shape index (κ3) is 5.63. The summed E-state index contributed by atoms with van der Waals surface area (Å²) >= 11 is 0. The van der Waals surface area contributed by atoms with Gasteiger partial charge in [-0.2, -0.15) is 0 Å². The molecule has 0 aliphatic carbocycles. The number of methoxy groups -OCH3 is 2. The molecule has 3 rings (SSSR count). The highest BCUT2D eigenvalue weighted by atomic mass is 16.6. The van der Waals surface area contributed by atoms with Gasteiger partial charge in [0.15, 0.2) is 18.1 Å². The van der Waals surface area contributed by atoms with Gasteiger partial charge in [-0.25, -0.2) is 4.79 Å². The normalized spacial score (nSPS) is 10.3. The number of carbonyl (C=O) groups is 2. The van der Waals surface area contributed by atoms with Gasteiger partial charge in [-0.05, 0) is 34.9 Å². The van der Waals surface area contributed by atoms with Gasteiger partial charge >= 0.3 is 5.97 Å². The van der Waals surface area contributed by atoms with E-state index in [-0.39, 0.29) is 12.5 Å². The van der Waals surface area contributed by atoms with Crippen LogP contribution in [0, 0.1) is 0 Å². The summed E-state index contributed by atoms with van der Waals surface area (Å²) in [5.41, 5.74) is 3.77. The quantitative estimate of drug-likeness (QED) is 0.513. The Hall–Kier alpha value is -3.80. The lowest BCUT2D eigenvalue weighted by molar-refractivity contribution is -0.142. The van der Waals surface area contributed by atoms with E-state index in [1.165, 1.54) is 14.2 Å². The summed E-state index contributed by atoms with van der Waals surface area (Å²) < 4.78 is 15.3. The molecule has 6 nitrogen and oxygen atoms in total. The Labute approximate surface area is 182 Å². The molecule has 0 bridgehead atoms. The molecule has 0 atom stereocenters. The fraction of sp³-hybridized carbons (Fsp3) is 0.200. The second kappa shape index (κ2) is 10.3. The van der Waals surface area contributed by atoms with Gasteiger partial charge in [0, 0.05) is 19.2 Å². The van der Waals surface area contributed by atoms with Crippen LogP contribution in [-0.4, -0.2) is 44.7 Å². The molecule has 0 N–H and O–H groups in total. The number of nitrogens with zero attached hydrogens (tertiary/aromatic N) is 1. The molecule has 0 radical (unpaired) electrons. The number of amides is 1. The van der Waals surface area contributed by atoms with E-state index in [9.17, 15) is 9.59 Å². The monoisotopic (exact) mass is 419 g/mol. The van der Waals surface area contributed by atoms with Crippen molar-refractivity contribution in [2.75, 3.05) is 27.9 Å². The van der Waals surface area contributed by atoms with Gasteiger partial charge in [-0.3, -0.25) is 4.79 Å². The van der Waals surface area contributed by atoms with Crippen LogP contribution in [0.25, 0.3) is 11.1 Å². The molecule has 0 aliphatic rings. The molecule has 0 saturated carbocycles. The molecule has 6 heteroatoms. The first-order valence-electron chi connectivity index (χ1n) is 9.79. The van der Waals surface area contributed by atoms with Gasteiger partial charge in [-0.1, -0.05) is 54.6 Å². The third-order valence-corrected chi connectivity index (χ3v) is 4.81.